The minimum Gasteiger partial charge on any atom is -0.352 e. The summed E-state index contributed by atoms with van der Waals surface area (Å²) in [6.07, 6.45) is 1.04. The highest BCUT2D eigenvalue weighted by Crippen LogP contribution is 1.95. The smallest absolute Gasteiger partial charge is 0.169 e. The molecule has 1 atom stereocenters. The molecule has 0 aliphatic carbocycles. The third-order valence-corrected chi connectivity index (χ3v) is 1.95. The van der Waals surface area contributed by atoms with Gasteiger partial charge in [-0.05, 0) is 27.2 Å². The van der Waals surface area contributed by atoms with Gasteiger partial charge in [-0.25, -0.2) is 0 Å². The molecule has 0 aromatic rings. The Morgan fingerprint density at radius 2 is 1.62 bits per heavy atom. The molecule has 0 rings (SSSR count). The van der Waals surface area contributed by atoms with Crippen LogP contribution < -0.4 is 5.32 Å². The van der Waals surface area contributed by atoms with Crippen LogP contribution in [0.25, 0.3) is 0 Å². The van der Waals surface area contributed by atoms with E-state index in [1.54, 1.807) is 0 Å². The van der Waals surface area contributed by atoms with E-state index in [0.717, 1.165) is 13.0 Å². The summed E-state index contributed by atoms with van der Waals surface area (Å²) in [5.41, 5.74) is 0. The van der Waals surface area contributed by atoms with Gasteiger partial charge in [-0.15, -0.1) is 0 Å². The average molecular weight is 189 g/mol. The van der Waals surface area contributed by atoms with Crippen LogP contribution in [-0.2, 0) is 9.47 Å². The summed E-state index contributed by atoms with van der Waals surface area (Å²) >= 11 is 0. The summed E-state index contributed by atoms with van der Waals surface area (Å²) in [5, 5.41) is 3.35. The van der Waals surface area contributed by atoms with Gasteiger partial charge in [-0.2, -0.15) is 0 Å². The fourth-order valence-electron chi connectivity index (χ4n) is 0.979. The van der Waals surface area contributed by atoms with Crippen LogP contribution in [0.3, 0.4) is 0 Å². The second-order valence-electron chi connectivity index (χ2n) is 3.06. The Labute approximate surface area is 81.8 Å². The minimum atomic E-state index is -0.0935. The monoisotopic (exact) mass is 189 g/mol. The number of hydrogen-bond donors (Lipinski definition) is 1. The number of rotatable bonds is 8. The number of hydrogen-bond acceptors (Lipinski definition) is 3. The first-order valence-electron chi connectivity index (χ1n) is 5.21. The molecule has 0 aliphatic rings. The van der Waals surface area contributed by atoms with E-state index < -0.39 is 0 Å². The molecule has 0 aromatic heterocycles. The second-order valence-corrected chi connectivity index (χ2v) is 3.06. The lowest BCUT2D eigenvalue weighted by molar-refractivity contribution is -0.133. The molecule has 3 heteroatoms. The van der Waals surface area contributed by atoms with Crippen molar-refractivity contribution in [2.24, 2.45) is 0 Å². The molecule has 80 valence electrons. The molecule has 1 unspecified atom stereocenters. The molecular weight excluding hydrogens is 166 g/mol. The predicted octanol–water partition coefficient (Wildman–Crippen LogP) is 1.77. The highest BCUT2D eigenvalue weighted by molar-refractivity contribution is 4.59. The highest BCUT2D eigenvalue weighted by Gasteiger charge is 2.08. The van der Waals surface area contributed by atoms with E-state index in [1.165, 1.54) is 0 Å². The summed E-state index contributed by atoms with van der Waals surface area (Å²) in [5.74, 6) is 0. The summed E-state index contributed by atoms with van der Waals surface area (Å²) in [4.78, 5) is 0. The van der Waals surface area contributed by atoms with Crippen molar-refractivity contribution < 1.29 is 9.47 Å². The van der Waals surface area contributed by atoms with Crippen molar-refractivity contribution >= 4 is 0 Å². The molecule has 3 nitrogen and oxygen atoms in total. The fourth-order valence-corrected chi connectivity index (χ4v) is 0.979. The van der Waals surface area contributed by atoms with Gasteiger partial charge in [0.15, 0.2) is 6.29 Å². The zero-order chi connectivity index (χ0) is 10.1. The van der Waals surface area contributed by atoms with Crippen LogP contribution in [0.4, 0.5) is 0 Å². The molecule has 0 radical (unpaired) electrons. The van der Waals surface area contributed by atoms with Gasteiger partial charge >= 0.3 is 0 Å². The van der Waals surface area contributed by atoms with Crippen molar-refractivity contribution in [2.75, 3.05) is 19.8 Å². The maximum atomic E-state index is 5.39. The van der Waals surface area contributed by atoms with Gasteiger partial charge in [0.05, 0.1) is 0 Å². The zero-order valence-electron chi connectivity index (χ0n) is 9.30. The lowest BCUT2D eigenvalue weighted by Gasteiger charge is -2.19. The van der Waals surface area contributed by atoms with Crippen molar-refractivity contribution in [2.45, 2.75) is 46.4 Å². The molecule has 0 spiro atoms. The molecular formula is C10H23NO2. The summed E-state index contributed by atoms with van der Waals surface area (Å²) in [6.45, 7) is 10.5. The minimum absolute atomic E-state index is 0.0935. The van der Waals surface area contributed by atoms with E-state index in [1.807, 2.05) is 13.8 Å². The molecule has 0 saturated carbocycles. The first kappa shape index (κ1) is 12.9. The van der Waals surface area contributed by atoms with Crippen molar-refractivity contribution in [1.29, 1.82) is 0 Å². The van der Waals surface area contributed by atoms with Crippen LogP contribution in [0.5, 0.6) is 0 Å². The molecule has 0 heterocycles. The normalized spacial score (nSPS) is 13.6. The molecule has 0 fully saturated rings. The van der Waals surface area contributed by atoms with E-state index in [9.17, 15) is 0 Å². The number of ether oxygens (including phenoxy) is 2. The van der Waals surface area contributed by atoms with Crippen LogP contribution in [0.2, 0.25) is 0 Å². The molecule has 1 N–H and O–H groups in total. The van der Waals surface area contributed by atoms with Gasteiger partial charge in [0.25, 0.3) is 0 Å². The largest absolute Gasteiger partial charge is 0.352 e. The van der Waals surface area contributed by atoms with Gasteiger partial charge in [0, 0.05) is 25.8 Å². The van der Waals surface area contributed by atoms with Crippen LogP contribution in [-0.4, -0.2) is 32.1 Å². The summed E-state index contributed by atoms with van der Waals surface area (Å²) in [6, 6.07) is 0.531. The topological polar surface area (TPSA) is 30.5 Å². The van der Waals surface area contributed by atoms with Gasteiger partial charge in [-0.1, -0.05) is 6.92 Å². The Morgan fingerprint density at radius 1 is 1.08 bits per heavy atom. The third kappa shape index (κ3) is 6.99. The predicted molar refractivity (Wildman–Crippen MR) is 54.8 cm³/mol. The number of nitrogens with one attached hydrogen (secondary N) is 1. The molecule has 0 saturated heterocycles. The second kappa shape index (κ2) is 8.48. The van der Waals surface area contributed by atoms with Crippen LogP contribution in [0.1, 0.15) is 34.1 Å². The first-order valence-corrected chi connectivity index (χ1v) is 5.21. The molecule has 0 aliphatic heterocycles. The van der Waals surface area contributed by atoms with Gasteiger partial charge < -0.3 is 14.8 Å². The molecule has 0 amide bonds. The van der Waals surface area contributed by atoms with Crippen molar-refractivity contribution in [3.05, 3.63) is 0 Å². The fraction of sp³-hybridized carbons (Fsp3) is 1.00. The quantitative estimate of drug-likeness (QED) is 0.590. The molecule has 0 aromatic carbocycles. The van der Waals surface area contributed by atoms with E-state index in [4.69, 9.17) is 9.47 Å². The summed E-state index contributed by atoms with van der Waals surface area (Å²) < 4.78 is 10.8. The Hall–Kier alpha value is -0.120. The van der Waals surface area contributed by atoms with E-state index in [2.05, 4.69) is 19.2 Å². The van der Waals surface area contributed by atoms with E-state index in [-0.39, 0.29) is 6.29 Å². The van der Waals surface area contributed by atoms with E-state index >= 15 is 0 Å². The Kier molecular flexibility index (Phi) is 8.40. The van der Waals surface area contributed by atoms with Crippen molar-refractivity contribution in [1.82, 2.24) is 5.32 Å². The molecule has 0 bridgehead atoms. The zero-order valence-corrected chi connectivity index (χ0v) is 9.30. The van der Waals surface area contributed by atoms with Crippen LogP contribution >= 0.6 is 0 Å². The Morgan fingerprint density at radius 3 is 2.00 bits per heavy atom. The maximum Gasteiger partial charge on any atom is 0.169 e. The lowest BCUT2D eigenvalue weighted by atomic mass is 10.2. The Balaban J connectivity index is 3.55. The molecule has 13 heavy (non-hydrogen) atoms. The summed E-state index contributed by atoms with van der Waals surface area (Å²) in [7, 11) is 0. The Bertz CT molecular complexity index is 103. The van der Waals surface area contributed by atoms with E-state index in [0.29, 0.717) is 19.3 Å². The maximum absolute atomic E-state index is 5.39. The third-order valence-electron chi connectivity index (χ3n) is 1.95. The van der Waals surface area contributed by atoms with Crippen LogP contribution in [0, 0.1) is 0 Å². The highest BCUT2D eigenvalue weighted by atomic mass is 16.7. The van der Waals surface area contributed by atoms with Crippen molar-refractivity contribution in [3.8, 4) is 0 Å². The van der Waals surface area contributed by atoms with Gasteiger partial charge in [-0.3, -0.25) is 0 Å². The van der Waals surface area contributed by atoms with Crippen molar-refractivity contribution in [3.63, 3.8) is 0 Å². The van der Waals surface area contributed by atoms with Gasteiger partial charge in [0.2, 0.25) is 0 Å². The average Bonchev–Trinajstić information content (AvgIpc) is 2.14. The SMILES string of the molecule is CCOC(CNC(C)CC)OCC. The standard InChI is InChI=1S/C10H23NO2/c1-5-9(4)11-8-10(12-6-2)13-7-3/h9-11H,5-8H2,1-4H3. The first-order chi connectivity index (χ1) is 6.24. The van der Waals surface area contributed by atoms with Crippen LogP contribution in [0.15, 0.2) is 0 Å². The van der Waals surface area contributed by atoms with Gasteiger partial charge in [0.1, 0.15) is 0 Å². The lowest BCUT2D eigenvalue weighted by Crippen LogP contribution is -2.36.